The summed E-state index contributed by atoms with van der Waals surface area (Å²) < 4.78 is 5.25. The minimum Gasteiger partial charge on any atom is -0.475 e. The van der Waals surface area contributed by atoms with Crippen molar-refractivity contribution in [2.24, 2.45) is 11.3 Å². The van der Waals surface area contributed by atoms with E-state index in [0.717, 1.165) is 24.0 Å². The molecule has 0 aliphatic heterocycles. The standard InChI is InChI=1S/C17H23NO3/c1-11(2)17(3,4)10-18-9-12-5-6-14-13(7-12)8-15(21-14)16(19)20/h5-8,11,18H,9-10H2,1-4H3,(H,19,20). The van der Waals surface area contributed by atoms with E-state index >= 15 is 0 Å². The minimum absolute atomic E-state index is 0.0175. The highest BCUT2D eigenvalue weighted by molar-refractivity contribution is 5.91. The van der Waals surface area contributed by atoms with Gasteiger partial charge in [0, 0.05) is 18.5 Å². The molecule has 0 atom stereocenters. The molecule has 0 aliphatic rings. The van der Waals surface area contributed by atoms with Crippen molar-refractivity contribution in [3.8, 4) is 0 Å². The van der Waals surface area contributed by atoms with E-state index in [2.05, 4.69) is 33.0 Å². The molecule has 2 aromatic rings. The SMILES string of the molecule is CC(C)C(C)(C)CNCc1ccc2oc(C(=O)O)cc2c1. The Morgan fingerprint density at radius 2 is 2.05 bits per heavy atom. The molecule has 0 unspecified atom stereocenters. The van der Waals surface area contributed by atoms with E-state index in [-0.39, 0.29) is 11.2 Å². The van der Waals surface area contributed by atoms with Gasteiger partial charge in [-0.15, -0.1) is 0 Å². The van der Waals surface area contributed by atoms with E-state index < -0.39 is 5.97 Å². The van der Waals surface area contributed by atoms with Crippen LogP contribution in [0.25, 0.3) is 11.0 Å². The monoisotopic (exact) mass is 289 g/mol. The average Bonchev–Trinajstić information content (AvgIpc) is 2.81. The molecule has 0 bridgehead atoms. The highest BCUT2D eigenvalue weighted by Gasteiger charge is 2.21. The minimum atomic E-state index is -1.04. The maximum absolute atomic E-state index is 10.9. The fourth-order valence-electron chi connectivity index (χ4n) is 2.04. The molecule has 0 radical (unpaired) electrons. The van der Waals surface area contributed by atoms with Crippen LogP contribution in [0.5, 0.6) is 0 Å². The van der Waals surface area contributed by atoms with Gasteiger partial charge in [0.25, 0.3) is 0 Å². The number of carboxylic acids is 1. The quantitative estimate of drug-likeness (QED) is 0.846. The first kappa shape index (κ1) is 15.6. The summed E-state index contributed by atoms with van der Waals surface area (Å²) in [5.74, 6) is -0.444. The summed E-state index contributed by atoms with van der Waals surface area (Å²) in [6.07, 6.45) is 0. The van der Waals surface area contributed by atoms with Gasteiger partial charge in [0.15, 0.2) is 0 Å². The molecule has 2 rings (SSSR count). The number of furan rings is 1. The molecule has 0 saturated heterocycles. The Labute approximate surface area is 125 Å². The lowest BCUT2D eigenvalue weighted by atomic mass is 9.81. The van der Waals surface area contributed by atoms with Gasteiger partial charge < -0.3 is 14.8 Å². The summed E-state index contributed by atoms with van der Waals surface area (Å²) in [6, 6.07) is 7.33. The lowest BCUT2D eigenvalue weighted by Gasteiger charge is -2.29. The highest BCUT2D eigenvalue weighted by atomic mass is 16.4. The first-order valence-corrected chi connectivity index (χ1v) is 7.26. The van der Waals surface area contributed by atoms with Crippen LogP contribution in [0, 0.1) is 11.3 Å². The number of carbonyl (C=O) groups is 1. The molecule has 0 amide bonds. The van der Waals surface area contributed by atoms with E-state index in [1.807, 2.05) is 18.2 Å². The second kappa shape index (κ2) is 5.90. The van der Waals surface area contributed by atoms with Crippen LogP contribution in [0.1, 0.15) is 43.8 Å². The Balaban J connectivity index is 2.04. The van der Waals surface area contributed by atoms with Crippen LogP contribution >= 0.6 is 0 Å². The third-order valence-electron chi connectivity index (χ3n) is 4.26. The molecule has 1 aromatic carbocycles. The fraction of sp³-hybridized carbons (Fsp3) is 0.471. The number of benzene rings is 1. The number of aromatic carboxylic acids is 1. The normalized spacial score (nSPS) is 12.2. The van der Waals surface area contributed by atoms with Crippen LogP contribution in [0.3, 0.4) is 0 Å². The number of fused-ring (bicyclic) bond motifs is 1. The third-order valence-corrected chi connectivity index (χ3v) is 4.26. The van der Waals surface area contributed by atoms with Crippen molar-refractivity contribution in [3.05, 3.63) is 35.6 Å². The number of carboxylic acid groups (broad SMARTS) is 1. The molecule has 21 heavy (non-hydrogen) atoms. The summed E-state index contributed by atoms with van der Waals surface area (Å²) in [5, 5.41) is 13.2. The molecule has 4 heteroatoms. The lowest BCUT2D eigenvalue weighted by molar-refractivity contribution is 0.0665. The van der Waals surface area contributed by atoms with E-state index in [1.165, 1.54) is 0 Å². The predicted octanol–water partition coefficient (Wildman–Crippen LogP) is 3.90. The van der Waals surface area contributed by atoms with Crippen molar-refractivity contribution in [2.75, 3.05) is 6.54 Å². The van der Waals surface area contributed by atoms with E-state index in [4.69, 9.17) is 9.52 Å². The predicted molar refractivity (Wildman–Crippen MR) is 83.5 cm³/mol. The molecule has 1 heterocycles. The number of hydrogen-bond acceptors (Lipinski definition) is 3. The summed E-state index contributed by atoms with van der Waals surface area (Å²) in [7, 11) is 0. The van der Waals surface area contributed by atoms with Crippen LogP contribution in [0.2, 0.25) is 0 Å². The fourth-order valence-corrected chi connectivity index (χ4v) is 2.04. The molecule has 114 valence electrons. The Kier molecular flexibility index (Phi) is 4.37. The highest BCUT2D eigenvalue weighted by Crippen LogP contribution is 2.25. The van der Waals surface area contributed by atoms with Gasteiger partial charge in [0.2, 0.25) is 5.76 Å². The Morgan fingerprint density at radius 1 is 1.33 bits per heavy atom. The molecule has 0 saturated carbocycles. The van der Waals surface area contributed by atoms with Crippen LogP contribution in [0.4, 0.5) is 0 Å². The molecule has 0 fully saturated rings. The van der Waals surface area contributed by atoms with Crippen molar-refractivity contribution in [1.29, 1.82) is 0 Å². The Hall–Kier alpha value is -1.81. The second-order valence-corrected chi connectivity index (χ2v) is 6.53. The molecule has 0 aliphatic carbocycles. The molecular weight excluding hydrogens is 266 g/mol. The molecule has 2 N–H and O–H groups in total. The zero-order valence-electron chi connectivity index (χ0n) is 13.1. The molecular formula is C17H23NO3. The third kappa shape index (κ3) is 3.64. The molecule has 1 aromatic heterocycles. The maximum Gasteiger partial charge on any atom is 0.371 e. The topological polar surface area (TPSA) is 62.5 Å². The van der Waals surface area contributed by atoms with Gasteiger partial charge >= 0.3 is 5.97 Å². The summed E-state index contributed by atoms with van der Waals surface area (Å²) in [6.45, 7) is 10.7. The van der Waals surface area contributed by atoms with E-state index in [0.29, 0.717) is 11.5 Å². The van der Waals surface area contributed by atoms with Crippen molar-refractivity contribution in [2.45, 2.75) is 34.2 Å². The second-order valence-electron chi connectivity index (χ2n) is 6.53. The molecule has 0 spiro atoms. The van der Waals surface area contributed by atoms with Gasteiger partial charge in [-0.25, -0.2) is 4.79 Å². The largest absolute Gasteiger partial charge is 0.475 e. The van der Waals surface area contributed by atoms with Gasteiger partial charge in [-0.1, -0.05) is 33.8 Å². The Bertz CT molecular complexity index is 641. The van der Waals surface area contributed by atoms with Crippen LogP contribution < -0.4 is 5.32 Å². The van der Waals surface area contributed by atoms with Crippen LogP contribution in [-0.2, 0) is 6.54 Å². The number of nitrogens with one attached hydrogen (secondary N) is 1. The zero-order chi connectivity index (χ0) is 15.6. The van der Waals surface area contributed by atoms with Gasteiger partial charge in [0.05, 0.1) is 0 Å². The van der Waals surface area contributed by atoms with Gasteiger partial charge in [-0.3, -0.25) is 0 Å². The van der Waals surface area contributed by atoms with E-state index in [9.17, 15) is 4.79 Å². The Morgan fingerprint density at radius 3 is 2.67 bits per heavy atom. The van der Waals surface area contributed by atoms with Gasteiger partial charge in [-0.2, -0.15) is 0 Å². The lowest BCUT2D eigenvalue weighted by Crippen LogP contribution is -2.33. The van der Waals surface area contributed by atoms with Crippen molar-refractivity contribution in [3.63, 3.8) is 0 Å². The summed E-state index contributed by atoms with van der Waals surface area (Å²) in [5.41, 5.74) is 1.98. The van der Waals surface area contributed by atoms with Crippen LogP contribution in [0.15, 0.2) is 28.7 Å². The van der Waals surface area contributed by atoms with Crippen molar-refractivity contribution >= 4 is 16.9 Å². The number of rotatable bonds is 6. The van der Waals surface area contributed by atoms with Crippen molar-refractivity contribution < 1.29 is 14.3 Å². The smallest absolute Gasteiger partial charge is 0.371 e. The summed E-state index contributed by atoms with van der Waals surface area (Å²) in [4.78, 5) is 10.9. The van der Waals surface area contributed by atoms with E-state index in [1.54, 1.807) is 6.07 Å². The summed E-state index contributed by atoms with van der Waals surface area (Å²) >= 11 is 0. The van der Waals surface area contributed by atoms with Crippen LogP contribution in [-0.4, -0.2) is 17.6 Å². The zero-order valence-corrected chi connectivity index (χ0v) is 13.1. The number of hydrogen-bond donors (Lipinski definition) is 2. The maximum atomic E-state index is 10.9. The first-order valence-electron chi connectivity index (χ1n) is 7.26. The van der Waals surface area contributed by atoms with Crippen molar-refractivity contribution in [1.82, 2.24) is 5.32 Å². The van der Waals surface area contributed by atoms with Gasteiger partial charge in [0.1, 0.15) is 5.58 Å². The molecule has 4 nitrogen and oxygen atoms in total. The average molecular weight is 289 g/mol. The van der Waals surface area contributed by atoms with Gasteiger partial charge in [-0.05, 0) is 35.1 Å². The first-order chi connectivity index (χ1) is 9.79.